The number of anilines is 3. The summed E-state index contributed by atoms with van der Waals surface area (Å²) >= 11 is 8.14. The quantitative estimate of drug-likeness (QED) is 0.745. The summed E-state index contributed by atoms with van der Waals surface area (Å²) in [6.45, 7) is 2.87. The number of nitrogens with zero attached hydrogens (tertiary/aromatic N) is 2. The molecule has 0 amide bonds. The highest BCUT2D eigenvalue weighted by Crippen LogP contribution is 2.25. The molecular formula is C13H14ClIN4O. The van der Waals surface area contributed by atoms with Crippen LogP contribution in [0.1, 0.15) is 12.7 Å². The number of ether oxygens (including phenoxy) is 1. The van der Waals surface area contributed by atoms with Gasteiger partial charge in [0.05, 0.1) is 5.69 Å². The second-order valence-electron chi connectivity index (χ2n) is 3.98. The first-order chi connectivity index (χ1) is 9.58. The van der Waals surface area contributed by atoms with Crippen LogP contribution in [0.3, 0.4) is 0 Å². The van der Waals surface area contributed by atoms with E-state index in [1.165, 1.54) is 0 Å². The molecule has 0 unspecified atom stereocenters. The minimum absolute atomic E-state index is 0.341. The van der Waals surface area contributed by atoms with Crippen molar-refractivity contribution in [2.75, 3.05) is 17.7 Å². The SMILES string of the molecule is CCOCc1nc(N)cc(Nc2ccc(Cl)cc2I)n1. The molecule has 0 saturated carbocycles. The average molecular weight is 405 g/mol. The molecule has 0 saturated heterocycles. The molecule has 0 radical (unpaired) electrons. The maximum Gasteiger partial charge on any atom is 0.158 e. The van der Waals surface area contributed by atoms with Gasteiger partial charge in [-0.1, -0.05) is 11.6 Å². The first kappa shape index (κ1) is 15.3. The zero-order valence-corrected chi connectivity index (χ0v) is 13.8. The van der Waals surface area contributed by atoms with Crippen LogP contribution in [0.5, 0.6) is 0 Å². The van der Waals surface area contributed by atoms with Crippen LogP contribution in [0.15, 0.2) is 24.3 Å². The third-order valence-electron chi connectivity index (χ3n) is 2.42. The van der Waals surface area contributed by atoms with Crippen molar-refractivity contribution in [1.29, 1.82) is 0 Å². The maximum atomic E-state index is 5.93. The van der Waals surface area contributed by atoms with E-state index in [0.29, 0.717) is 35.7 Å². The summed E-state index contributed by atoms with van der Waals surface area (Å²) in [5.74, 6) is 1.59. The minimum atomic E-state index is 0.341. The summed E-state index contributed by atoms with van der Waals surface area (Å²) in [7, 11) is 0. The molecule has 0 aliphatic heterocycles. The highest BCUT2D eigenvalue weighted by molar-refractivity contribution is 14.1. The summed E-state index contributed by atoms with van der Waals surface area (Å²) in [6, 6.07) is 7.26. The molecule has 2 aromatic rings. The second-order valence-corrected chi connectivity index (χ2v) is 5.58. The molecule has 2 rings (SSSR count). The van der Waals surface area contributed by atoms with E-state index in [4.69, 9.17) is 22.1 Å². The molecule has 0 atom stereocenters. The third-order valence-corrected chi connectivity index (χ3v) is 3.55. The molecule has 0 aliphatic rings. The maximum absolute atomic E-state index is 5.93. The van der Waals surface area contributed by atoms with Crippen LogP contribution in [-0.2, 0) is 11.3 Å². The lowest BCUT2D eigenvalue weighted by atomic mass is 10.3. The lowest BCUT2D eigenvalue weighted by Crippen LogP contribution is -2.05. The van der Waals surface area contributed by atoms with Gasteiger partial charge < -0.3 is 15.8 Å². The molecule has 0 bridgehead atoms. The molecule has 20 heavy (non-hydrogen) atoms. The van der Waals surface area contributed by atoms with Crippen LogP contribution in [-0.4, -0.2) is 16.6 Å². The highest BCUT2D eigenvalue weighted by Gasteiger charge is 2.06. The number of nitrogens with two attached hydrogens (primary N) is 1. The van der Waals surface area contributed by atoms with Gasteiger partial charge in [0.2, 0.25) is 0 Å². The number of nitrogens with one attached hydrogen (secondary N) is 1. The number of rotatable bonds is 5. The van der Waals surface area contributed by atoms with Gasteiger partial charge in [0.1, 0.15) is 18.2 Å². The fourth-order valence-corrected chi connectivity index (χ4v) is 2.57. The van der Waals surface area contributed by atoms with Crippen molar-refractivity contribution in [2.45, 2.75) is 13.5 Å². The van der Waals surface area contributed by atoms with Gasteiger partial charge in [-0.25, -0.2) is 9.97 Å². The van der Waals surface area contributed by atoms with Gasteiger partial charge in [-0.15, -0.1) is 0 Å². The van der Waals surface area contributed by atoms with E-state index in [2.05, 4.69) is 37.9 Å². The fourth-order valence-electron chi connectivity index (χ4n) is 1.57. The Bertz CT molecular complexity index is 609. The van der Waals surface area contributed by atoms with E-state index < -0.39 is 0 Å². The van der Waals surface area contributed by atoms with Gasteiger partial charge in [-0.3, -0.25) is 0 Å². The van der Waals surface area contributed by atoms with Crippen molar-refractivity contribution in [3.05, 3.63) is 38.7 Å². The Labute approximate surface area is 136 Å². The number of nitrogen functional groups attached to an aromatic ring is 1. The van der Waals surface area contributed by atoms with Crippen molar-refractivity contribution in [2.24, 2.45) is 0 Å². The predicted molar refractivity (Wildman–Crippen MR) is 89.2 cm³/mol. The van der Waals surface area contributed by atoms with Gasteiger partial charge in [-0.05, 0) is 47.7 Å². The summed E-state index contributed by atoms with van der Waals surface area (Å²) in [4.78, 5) is 8.49. The fraction of sp³-hybridized carbons (Fsp3) is 0.231. The lowest BCUT2D eigenvalue weighted by Gasteiger charge is -2.10. The standard InChI is InChI=1S/C13H14ClIN4O/c1-2-20-7-13-18-11(16)6-12(19-13)17-10-4-3-8(14)5-9(10)15/h3-6H,2,7H2,1H3,(H3,16,17,18,19). The van der Waals surface area contributed by atoms with Crippen molar-refractivity contribution in [1.82, 2.24) is 9.97 Å². The third kappa shape index (κ3) is 4.19. The summed E-state index contributed by atoms with van der Waals surface area (Å²) in [6.07, 6.45) is 0. The van der Waals surface area contributed by atoms with E-state index >= 15 is 0 Å². The van der Waals surface area contributed by atoms with Crippen molar-refractivity contribution in [3.8, 4) is 0 Å². The van der Waals surface area contributed by atoms with E-state index in [1.807, 2.05) is 25.1 Å². The van der Waals surface area contributed by atoms with Crippen molar-refractivity contribution in [3.63, 3.8) is 0 Å². The van der Waals surface area contributed by atoms with Crippen LogP contribution in [0.2, 0.25) is 5.02 Å². The summed E-state index contributed by atoms with van der Waals surface area (Å²) in [5.41, 5.74) is 6.69. The minimum Gasteiger partial charge on any atom is -0.384 e. The van der Waals surface area contributed by atoms with Gasteiger partial charge in [0.25, 0.3) is 0 Å². The Morgan fingerprint density at radius 3 is 2.85 bits per heavy atom. The van der Waals surface area contributed by atoms with Crippen LogP contribution in [0.4, 0.5) is 17.3 Å². The van der Waals surface area contributed by atoms with E-state index in [9.17, 15) is 0 Å². The predicted octanol–water partition coefficient (Wildman–Crippen LogP) is 3.60. The first-order valence-corrected chi connectivity index (χ1v) is 7.47. The van der Waals surface area contributed by atoms with Crippen LogP contribution >= 0.6 is 34.2 Å². The second kappa shape index (κ2) is 7.05. The zero-order chi connectivity index (χ0) is 14.5. The van der Waals surface area contributed by atoms with Gasteiger partial charge >= 0.3 is 0 Å². The topological polar surface area (TPSA) is 73.1 Å². The normalized spacial score (nSPS) is 10.6. The molecule has 0 aliphatic carbocycles. The molecule has 0 fully saturated rings. The Hall–Kier alpha value is -1.12. The Balaban J connectivity index is 2.21. The van der Waals surface area contributed by atoms with Crippen molar-refractivity contribution < 1.29 is 4.74 Å². The smallest absolute Gasteiger partial charge is 0.158 e. The number of hydrogen-bond donors (Lipinski definition) is 2. The molecule has 7 heteroatoms. The Morgan fingerprint density at radius 2 is 2.15 bits per heavy atom. The average Bonchev–Trinajstić information content (AvgIpc) is 2.39. The molecule has 1 aromatic heterocycles. The Kier molecular flexibility index (Phi) is 5.38. The highest BCUT2D eigenvalue weighted by atomic mass is 127. The molecule has 0 spiro atoms. The van der Waals surface area contributed by atoms with Gasteiger partial charge in [0.15, 0.2) is 5.82 Å². The molecule has 1 heterocycles. The van der Waals surface area contributed by atoms with E-state index in [0.717, 1.165) is 9.26 Å². The van der Waals surface area contributed by atoms with Crippen molar-refractivity contribution >= 4 is 51.5 Å². The molecule has 3 N–H and O–H groups in total. The van der Waals surface area contributed by atoms with Gasteiger partial charge in [-0.2, -0.15) is 0 Å². The monoisotopic (exact) mass is 404 g/mol. The number of aromatic nitrogens is 2. The molecule has 5 nitrogen and oxygen atoms in total. The summed E-state index contributed by atoms with van der Waals surface area (Å²) in [5, 5.41) is 3.90. The molecule has 106 valence electrons. The van der Waals surface area contributed by atoms with Crippen LogP contribution in [0.25, 0.3) is 0 Å². The summed E-state index contributed by atoms with van der Waals surface area (Å²) < 4.78 is 6.29. The van der Waals surface area contributed by atoms with E-state index in [-0.39, 0.29) is 0 Å². The Morgan fingerprint density at radius 1 is 1.35 bits per heavy atom. The first-order valence-electron chi connectivity index (χ1n) is 6.01. The number of halogens is 2. The lowest BCUT2D eigenvalue weighted by molar-refractivity contribution is 0.128. The number of benzene rings is 1. The zero-order valence-electron chi connectivity index (χ0n) is 10.9. The molecular weight excluding hydrogens is 391 g/mol. The van der Waals surface area contributed by atoms with E-state index in [1.54, 1.807) is 6.07 Å². The van der Waals surface area contributed by atoms with Crippen LogP contribution in [0, 0.1) is 3.57 Å². The largest absolute Gasteiger partial charge is 0.384 e. The van der Waals surface area contributed by atoms with Gasteiger partial charge in [0, 0.05) is 21.3 Å². The molecule has 1 aromatic carbocycles. The number of hydrogen-bond acceptors (Lipinski definition) is 5. The van der Waals surface area contributed by atoms with Crippen LogP contribution < -0.4 is 11.1 Å².